The summed E-state index contributed by atoms with van der Waals surface area (Å²) in [5.74, 6) is -1.23. The number of anilines is 1. The number of amides is 2. The average Bonchev–Trinajstić information content (AvgIpc) is 2.47. The molecular weight excluding hydrogens is 284 g/mol. The monoisotopic (exact) mass is 306 g/mol. The normalized spacial score (nSPS) is 9.91. The Morgan fingerprint density at radius 2 is 1.95 bits per heavy atom. The molecule has 0 atom stereocenters. The Morgan fingerprint density at radius 3 is 2.64 bits per heavy atom. The van der Waals surface area contributed by atoms with Crippen molar-refractivity contribution in [2.24, 2.45) is 0 Å². The van der Waals surface area contributed by atoms with Crippen molar-refractivity contribution < 1.29 is 19.1 Å². The van der Waals surface area contributed by atoms with Gasteiger partial charge in [-0.2, -0.15) is 0 Å². The van der Waals surface area contributed by atoms with Crippen molar-refractivity contribution >= 4 is 23.5 Å². The van der Waals surface area contributed by atoms with Gasteiger partial charge >= 0.3 is 5.97 Å². The summed E-state index contributed by atoms with van der Waals surface area (Å²) in [6, 6.07) is 6.58. The van der Waals surface area contributed by atoms with Crippen molar-refractivity contribution in [3.05, 3.63) is 29.8 Å². The summed E-state index contributed by atoms with van der Waals surface area (Å²) in [4.78, 5) is 34.8. The zero-order valence-corrected chi connectivity index (χ0v) is 13.0. The highest BCUT2D eigenvalue weighted by Gasteiger charge is 2.11. The van der Waals surface area contributed by atoms with E-state index in [0.29, 0.717) is 17.8 Å². The number of benzene rings is 1. The van der Waals surface area contributed by atoms with E-state index in [9.17, 15) is 14.4 Å². The van der Waals surface area contributed by atoms with Crippen LogP contribution in [-0.4, -0.2) is 30.9 Å². The molecule has 0 aliphatic rings. The summed E-state index contributed by atoms with van der Waals surface area (Å²) in [6.07, 6.45) is 1.58. The highest BCUT2D eigenvalue weighted by atomic mass is 16.5. The predicted molar refractivity (Wildman–Crippen MR) is 83.6 cm³/mol. The molecule has 0 aliphatic heterocycles. The van der Waals surface area contributed by atoms with Crippen molar-refractivity contribution in [3.63, 3.8) is 0 Å². The molecule has 1 aromatic carbocycles. The van der Waals surface area contributed by atoms with Gasteiger partial charge in [-0.3, -0.25) is 14.4 Å². The topological polar surface area (TPSA) is 84.5 Å². The van der Waals surface area contributed by atoms with E-state index in [4.69, 9.17) is 4.74 Å². The van der Waals surface area contributed by atoms with E-state index in [2.05, 4.69) is 10.6 Å². The van der Waals surface area contributed by atoms with Crippen LogP contribution in [0.5, 0.6) is 0 Å². The number of hydrogen-bond donors (Lipinski definition) is 2. The Balaban J connectivity index is 2.58. The first-order chi connectivity index (χ1) is 10.6. The number of carbonyl (C=O) groups excluding carboxylic acids is 3. The lowest BCUT2D eigenvalue weighted by molar-refractivity contribution is -0.145. The van der Waals surface area contributed by atoms with Crippen molar-refractivity contribution in [3.8, 4) is 0 Å². The van der Waals surface area contributed by atoms with Gasteiger partial charge in [0.2, 0.25) is 5.91 Å². The molecule has 0 saturated carbocycles. The Morgan fingerprint density at radius 1 is 1.18 bits per heavy atom. The van der Waals surface area contributed by atoms with E-state index in [1.165, 1.54) is 0 Å². The van der Waals surface area contributed by atoms with Gasteiger partial charge in [0.15, 0.2) is 0 Å². The molecule has 6 nitrogen and oxygen atoms in total. The molecule has 0 heterocycles. The second kappa shape index (κ2) is 9.55. The molecule has 22 heavy (non-hydrogen) atoms. The molecule has 0 fully saturated rings. The maximum absolute atomic E-state index is 11.9. The van der Waals surface area contributed by atoms with Crippen molar-refractivity contribution in [1.29, 1.82) is 0 Å². The van der Waals surface area contributed by atoms with Crippen LogP contribution in [0.4, 0.5) is 5.69 Å². The van der Waals surface area contributed by atoms with E-state index in [1.807, 2.05) is 6.92 Å². The molecule has 0 bridgehead atoms. The van der Waals surface area contributed by atoms with Gasteiger partial charge < -0.3 is 15.4 Å². The summed E-state index contributed by atoms with van der Waals surface area (Å²) in [6.45, 7) is 4.58. The second-order valence-corrected chi connectivity index (χ2v) is 4.72. The zero-order valence-electron chi connectivity index (χ0n) is 13.0. The zero-order chi connectivity index (χ0) is 16.4. The second-order valence-electron chi connectivity index (χ2n) is 4.72. The average molecular weight is 306 g/mol. The quantitative estimate of drug-likeness (QED) is 0.437. The van der Waals surface area contributed by atoms with Gasteiger partial charge in [-0.05, 0) is 31.5 Å². The van der Waals surface area contributed by atoms with E-state index < -0.39 is 11.9 Å². The first-order valence-corrected chi connectivity index (χ1v) is 7.40. The fraction of sp³-hybridized carbons (Fsp3) is 0.438. The third-order valence-corrected chi connectivity index (χ3v) is 2.83. The SMILES string of the molecule is CCCCNC(=O)c1cccc(NC(=O)CC(=O)OCC)c1. The van der Waals surface area contributed by atoms with E-state index in [0.717, 1.165) is 12.8 Å². The summed E-state index contributed by atoms with van der Waals surface area (Å²) in [5, 5.41) is 5.38. The van der Waals surface area contributed by atoms with Crippen LogP contribution in [0.25, 0.3) is 0 Å². The van der Waals surface area contributed by atoms with Crippen molar-refractivity contribution in [2.75, 3.05) is 18.5 Å². The standard InChI is InChI=1S/C16H22N2O4/c1-3-5-9-17-16(21)12-7-6-8-13(10-12)18-14(19)11-15(20)22-4-2/h6-8,10H,3-5,9,11H2,1-2H3,(H,17,21)(H,18,19). The van der Waals surface area contributed by atoms with Crippen LogP contribution in [0.2, 0.25) is 0 Å². The number of esters is 1. The maximum atomic E-state index is 11.9. The third-order valence-electron chi connectivity index (χ3n) is 2.83. The highest BCUT2D eigenvalue weighted by Crippen LogP contribution is 2.11. The molecule has 2 amide bonds. The Hall–Kier alpha value is -2.37. The first kappa shape index (κ1) is 17.7. The summed E-state index contributed by atoms with van der Waals surface area (Å²) >= 11 is 0. The van der Waals surface area contributed by atoms with Crippen LogP contribution < -0.4 is 10.6 Å². The lowest BCUT2D eigenvalue weighted by Crippen LogP contribution is -2.24. The smallest absolute Gasteiger partial charge is 0.315 e. The molecule has 0 radical (unpaired) electrons. The minimum absolute atomic E-state index is 0.185. The summed E-state index contributed by atoms with van der Waals surface area (Å²) < 4.78 is 4.70. The number of unbranched alkanes of at least 4 members (excludes halogenated alkanes) is 1. The van der Waals surface area contributed by atoms with Crippen LogP contribution in [0.1, 0.15) is 43.5 Å². The maximum Gasteiger partial charge on any atom is 0.315 e. The molecule has 1 rings (SSSR count). The predicted octanol–water partition coefficient (Wildman–Crippen LogP) is 2.11. The molecule has 120 valence electrons. The molecule has 6 heteroatoms. The molecule has 0 aromatic heterocycles. The molecule has 1 aromatic rings. The minimum atomic E-state index is -0.575. The Bertz CT molecular complexity index is 529. The van der Waals surface area contributed by atoms with Gasteiger partial charge in [0.25, 0.3) is 5.91 Å². The summed E-state index contributed by atoms with van der Waals surface area (Å²) in [7, 11) is 0. The molecule has 0 aliphatic carbocycles. The van der Waals surface area contributed by atoms with E-state index in [-0.39, 0.29) is 18.9 Å². The van der Waals surface area contributed by atoms with Crippen LogP contribution >= 0.6 is 0 Å². The van der Waals surface area contributed by atoms with Gasteiger partial charge in [0, 0.05) is 17.8 Å². The highest BCUT2D eigenvalue weighted by molar-refractivity contribution is 6.02. The van der Waals surface area contributed by atoms with Gasteiger partial charge in [-0.25, -0.2) is 0 Å². The van der Waals surface area contributed by atoms with Crippen LogP contribution in [0.15, 0.2) is 24.3 Å². The van der Waals surface area contributed by atoms with Gasteiger partial charge in [-0.1, -0.05) is 19.4 Å². The molecule has 0 saturated heterocycles. The van der Waals surface area contributed by atoms with Gasteiger partial charge in [0.1, 0.15) is 6.42 Å². The third kappa shape index (κ3) is 6.39. The van der Waals surface area contributed by atoms with Crippen LogP contribution in [0, 0.1) is 0 Å². The number of hydrogen-bond acceptors (Lipinski definition) is 4. The number of carbonyl (C=O) groups is 3. The van der Waals surface area contributed by atoms with Gasteiger partial charge in [0.05, 0.1) is 6.61 Å². The Labute approximate surface area is 130 Å². The van der Waals surface area contributed by atoms with Crippen LogP contribution in [0.3, 0.4) is 0 Å². The Kier molecular flexibility index (Phi) is 7.67. The largest absolute Gasteiger partial charge is 0.466 e. The lowest BCUT2D eigenvalue weighted by Gasteiger charge is -2.08. The van der Waals surface area contributed by atoms with Crippen molar-refractivity contribution in [2.45, 2.75) is 33.1 Å². The fourth-order valence-corrected chi connectivity index (χ4v) is 1.77. The number of ether oxygens (including phenoxy) is 1. The molecular formula is C16H22N2O4. The minimum Gasteiger partial charge on any atom is -0.466 e. The molecule has 2 N–H and O–H groups in total. The molecule has 0 spiro atoms. The van der Waals surface area contributed by atoms with Gasteiger partial charge in [-0.15, -0.1) is 0 Å². The fourth-order valence-electron chi connectivity index (χ4n) is 1.77. The number of nitrogens with one attached hydrogen (secondary N) is 2. The van der Waals surface area contributed by atoms with Crippen LogP contribution in [-0.2, 0) is 14.3 Å². The van der Waals surface area contributed by atoms with E-state index >= 15 is 0 Å². The van der Waals surface area contributed by atoms with E-state index in [1.54, 1.807) is 31.2 Å². The lowest BCUT2D eigenvalue weighted by atomic mass is 10.2. The summed E-state index contributed by atoms with van der Waals surface area (Å²) in [5.41, 5.74) is 0.933. The number of rotatable bonds is 8. The van der Waals surface area contributed by atoms with Crippen molar-refractivity contribution in [1.82, 2.24) is 5.32 Å². The first-order valence-electron chi connectivity index (χ1n) is 7.40. The molecule has 0 unspecified atom stereocenters.